The van der Waals surface area contributed by atoms with Gasteiger partial charge in [-0.25, -0.2) is 8.42 Å². The zero-order valence-corrected chi connectivity index (χ0v) is 15.2. The van der Waals surface area contributed by atoms with Crippen LogP contribution in [0.3, 0.4) is 0 Å². The van der Waals surface area contributed by atoms with Gasteiger partial charge in [0.15, 0.2) is 0 Å². The van der Waals surface area contributed by atoms with Gasteiger partial charge in [-0.3, -0.25) is 0 Å². The Balaban J connectivity index is 1.59. The van der Waals surface area contributed by atoms with E-state index in [1.54, 1.807) is 16.4 Å². The van der Waals surface area contributed by atoms with E-state index in [-0.39, 0.29) is 0 Å². The minimum atomic E-state index is -3.30. The fourth-order valence-electron chi connectivity index (χ4n) is 3.20. The highest BCUT2D eigenvalue weighted by Gasteiger charge is 2.25. The van der Waals surface area contributed by atoms with Crippen LogP contribution in [0, 0.1) is 0 Å². The van der Waals surface area contributed by atoms with Crippen molar-refractivity contribution in [3.63, 3.8) is 0 Å². The van der Waals surface area contributed by atoms with E-state index in [9.17, 15) is 8.42 Å². The molecule has 128 valence electrons. The summed E-state index contributed by atoms with van der Waals surface area (Å²) < 4.78 is 26.9. The SMILES string of the molecule is O=S(=O)(c1ccc(CNC2CCSCC2)cc1)N1CCCCC1. The molecular formula is C17H26N2O2S2. The Morgan fingerprint density at radius 3 is 2.35 bits per heavy atom. The van der Waals surface area contributed by atoms with Crippen LogP contribution in [0.1, 0.15) is 37.7 Å². The van der Waals surface area contributed by atoms with Crippen LogP contribution in [0.5, 0.6) is 0 Å². The van der Waals surface area contributed by atoms with Crippen LogP contribution in [-0.2, 0) is 16.6 Å². The van der Waals surface area contributed by atoms with Gasteiger partial charge in [0.2, 0.25) is 10.0 Å². The number of hydrogen-bond donors (Lipinski definition) is 1. The summed E-state index contributed by atoms with van der Waals surface area (Å²) in [6.07, 6.45) is 5.54. The molecule has 4 nitrogen and oxygen atoms in total. The number of thioether (sulfide) groups is 1. The van der Waals surface area contributed by atoms with Crippen molar-refractivity contribution < 1.29 is 8.42 Å². The molecule has 2 aliphatic rings. The number of nitrogens with one attached hydrogen (secondary N) is 1. The van der Waals surface area contributed by atoms with Crippen LogP contribution in [0.2, 0.25) is 0 Å². The summed E-state index contributed by atoms with van der Waals surface area (Å²) in [6.45, 7) is 2.13. The van der Waals surface area contributed by atoms with E-state index in [4.69, 9.17) is 0 Å². The molecule has 0 saturated carbocycles. The molecule has 0 bridgehead atoms. The third-order valence-corrected chi connectivity index (χ3v) is 7.65. The monoisotopic (exact) mass is 354 g/mol. The molecule has 0 spiro atoms. The van der Waals surface area contributed by atoms with E-state index in [0.29, 0.717) is 24.0 Å². The fourth-order valence-corrected chi connectivity index (χ4v) is 5.82. The highest BCUT2D eigenvalue weighted by atomic mass is 32.2. The van der Waals surface area contributed by atoms with Crippen molar-refractivity contribution in [2.45, 2.75) is 49.6 Å². The molecule has 0 unspecified atom stereocenters. The number of piperidine rings is 1. The smallest absolute Gasteiger partial charge is 0.243 e. The van der Waals surface area contributed by atoms with E-state index in [2.05, 4.69) is 5.32 Å². The molecule has 3 rings (SSSR count). The first-order valence-electron chi connectivity index (χ1n) is 8.56. The van der Waals surface area contributed by atoms with Crippen molar-refractivity contribution >= 4 is 21.8 Å². The van der Waals surface area contributed by atoms with Crippen molar-refractivity contribution in [3.8, 4) is 0 Å². The van der Waals surface area contributed by atoms with Gasteiger partial charge >= 0.3 is 0 Å². The van der Waals surface area contributed by atoms with Gasteiger partial charge in [0.05, 0.1) is 4.90 Å². The third kappa shape index (κ3) is 4.50. The van der Waals surface area contributed by atoms with Crippen LogP contribution in [0.25, 0.3) is 0 Å². The molecule has 1 aromatic rings. The topological polar surface area (TPSA) is 49.4 Å². The van der Waals surface area contributed by atoms with Crippen molar-refractivity contribution in [2.75, 3.05) is 24.6 Å². The summed E-state index contributed by atoms with van der Waals surface area (Å²) in [6, 6.07) is 8.02. The van der Waals surface area contributed by atoms with E-state index in [1.807, 2.05) is 23.9 Å². The van der Waals surface area contributed by atoms with E-state index >= 15 is 0 Å². The van der Waals surface area contributed by atoms with Crippen LogP contribution in [0.15, 0.2) is 29.2 Å². The predicted molar refractivity (Wildman–Crippen MR) is 96.2 cm³/mol. The van der Waals surface area contributed by atoms with Crippen molar-refractivity contribution in [1.82, 2.24) is 9.62 Å². The van der Waals surface area contributed by atoms with Crippen LogP contribution in [-0.4, -0.2) is 43.4 Å². The summed E-state index contributed by atoms with van der Waals surface area (Å²) >= 11 is 2.03. The van der Waals surface area contributed by atoms with Gasteiger partial charge in [-0.1, -0.05) is 18.6 Å². The maximum atomic E-state index is 12.6. The van der Waals surface area contributed by atoms with Crippen molar-refractivity contribution in [1.29, 1.82) is 0 Å². The molecule has 23 heavy (non-hydrogen) atoms. The Hall–Kier alpha value is -0.560. The second-order valence-corrected chi connectivity index (χ2v) is 9.54. The normalized spacial score (nSPS) is 21.4. The first kappa shape index (κ1) is 17.3. The van der Waals surface area contributed by atoms with Crippen LogP contribution in [0.4, 0.5) is 0 Å². The predicted octanol–water partition coefficient (Wildman–Crippen LogP) is 2.85. The molecule has 0 atom stereocenters. The molecule has 1 aromatic carbocycles. The minimum absolute atomic E-state index is 0.428. The largest absolute Gasteiger partial charge is 0.310 e. The average molecular weight is 355 g/mol. The second-order valence-electron chi connectivity index (χ2n) is 6.38. The Bertz CT molecular complexity index is 590. The molecule has 0 aliphatic carbocycles. The lowest BCUT2D eigenvalue weighted by Crippen LogP contribution is -2.35. The Morgan fingerprint density at radius 2 is 1.70 bits per heavy atom. The lowest BCUT2D eigenvalue weighted by atomic mass is 10.1. The third-order valence-electron chi connectivity index (χ3n) is 4.69. The zero-order chi connectivity index (χ0) is 16.1. The quantitative estimate of drug-likeness (QED) is 0.883. The van der Waals surface area contributed by atoms with Crippen LogP contribution < -0.4 is 5.32 Å². The Labute approximate surface area is 144 Å². The van der Waals surface area contributed by atoms with E-state index < -0.39 is 10.0 Å². The first-order valence-corrected chi connectivity index (χ1v) is 11.2. The standard InChI is InChI=1S/C17H26N2O2S2/c20-23(21,19-10-2-1-3-11-19)17-6-4-15(5-7-17)14-18-16-8-12-22-13-9-16/h4-7,16,18H,1-3,8-14H2. The average Bonchev–Trinajstić information content (AvgIpc) is 2.62. The molecule has 6 heteroatoms. The molecular weight excluding hydrogens is 328 g/mol. The number of sulfonamides is 1. The Kier molecular flexibility index (Phi) is 6.01. The minimum Gasteiger partial charge on any atom is -0.310 e. The van der Waals surface area contributed by atoms with Crippen molar-refractivity contribution in [2.24, 2.45) is 0 Å². The first-order chi connectivity index (χ1) is 11.2. The molecule has 2 heterocycles. The highest BCUT2D eigenvalue weighted by Crippen LogP contribution is 2.21. The van der Waals surface area contributed by atoms with Gasteiger partial charge in [0.25, 0.3) is 0 Å². The van der Waals surface area contributed by atoms with E-state index in [0.717, 1.165) is 31.4 Å². The summed E-state index contributed by atoms with van der Waals surface area (Å²) in [5.41, 5.74) is 1.15. The number of hydrogen-bond acceptors (Lipinski definition) is 4. The van der Waals surface area contributed by atoms with Crippen LogP contribution >= 0.6 is 11.8 Å². The summed E-state index contributed by atoms with van der Waals surface area (Å²) in [4.78, 5) is 0.428. The van der Waals surface area contributed by atoms with Crippen molar-refractivity contribution in [3.05, 3.63) is 29.8 Å². The number of benzene rings is 1. The van der Waals surface area contributed by atoms with Gasteiger partial charge in [0.1, 0.15) is 0 Å². The molecule has 1 N–H and O–H groups in total. The lowest BCUT2D eigenvalue weighted by Gasteiger charge is -2.26. The summed E-state index contributed by atoms with van der Waals surface area (Å²) in [7, 11) is -3.30. The van der Waals surface area contributed by atoms with Gasteiger partial charge in [-0.2, -0.15) is 16.1 Å². The maximum Gasteiger partial charge on any atom is 0.243 e. The summed E-state index contributed by atoms with van der Waals surface area (Å²) in [5.74, 6) is 2.48. The molecule has 0 radical (unpaired) electrons. The molecule has 0 amide bonds. The Morgan fingerprint density at radius 1 is 1.04 bits per heavy atom. The lowest BCUT2D eigenvalue weighted by molar-refractivity contribution is 0.346. The second kappa shape index (κ2) is 8.01. The number of rotatable bonds is 5. The highest BCUT2D eigenvalue weighted by molar-refractivity contribution is 7.99. The summed E-state index contributed by atoms with van der Waals surface area (Å²) in [5, 5.41) is 3.59. The van der Waals surface area contributed by atoms with Gasteiger partial charge < -0.3 is 5.32 Å². The molecule has 2 fully saturated rings. The fraction of sp³-hybridized carbons (Fsp3) is 0.647. The van der Waals surface area contributed by atoms with E-state index in [1.165, 1.54) is 24.3 Å². The zero-order valence-electron chi connectivity index (χ0n) is 13.5. The van der Waals surface area contributed by atoms with Gasteiger partial charge in [-0.05, 0) is 54.9 Å². The van der Waals surface area contributed by atoms with Gasteiger partial charge in [-0.15, -0.1) is 0 Å². The maximum absolute atomic E-state index is 12.6. The molecule has 2 aliphatic heterocycles. The molecule has 2 saturated heterocycles. The van der Waals surface area contributed by atoms with Gasteiger partial charge in [0, 0.05) is 25.7 Å². The molecule has 0 aromatic heterocycles. The number of nitrogens with zero attached hydrogens (tertiary/aromatic N) is 1.